The molecule has 2 aromatic carbocycles. The lowest BCUT2D eigenvalue weighted by Crippen LogP contribution is -2.19. The topological polar surface area (TPSA) is 66.4 Å². The number of aromatic carboxylic acids is 1. The number of carboxylic acid groups (broad SMARTS) is 1. The number of hydrogen-bond acceptors (Lipinski definition) is 2. The van der Waals surface area contributed by atoms with Gasteiger partial charge in [0.15, 0.2) is 0 Å². The number of anilines is 1. The van der Waals surface area contributed by atoms with Crippen molar-refractivity contribution in [1.82, 2.24) is 0 Å². The average Bonchev–Trinajstić information content (AvgIpc) is 2.40. The van der Waals surface area contributed by atoms with Crippen molar-refractivity contribution in [3.05, 3.63) is 64.2 Å². The van der Waals surface area contributed by atoms with Gasteiger partial charge in [0.25, 0.3) is 5.91 Å². The summed E-state index contributed by atoms with van der Waals surface area (Å²) >= 11 is 0. The maximum Gasteiger partial charge on any atom is 0.336 e. The van der Waals surface area contributed by atoms with E-state index in [1.54, 1.807) is 32.0 Å². The Hall–Kier alpha value is -2.62. The summed E-state index contributed by atoms with van der Waals surface area (Å²) in [6, 6.07) is 10.8. The van der Waals surface area contributed by atoms with E-state index in [1.165, 1.54) is 0 Å². The van der Waals surface area contributed by atoms with Gasteiger partial charge < -0.3 is 10.4 Å². The average molecular weight is 283 g/mol. The number of benzene rings is 2. The van der Waals surface area contributed by atoms with Crippen molar-refractivity contribution in [3.8, 4) is 0 Å². The number of carboxylic acids is 1. The third-order valence-electron chi connectivity index (χ3n) is 3.34. The van der Waals surface area contributed by atoms with E-state index in [0.29, 0.717) is 16.8 Å². The van der Waals surface area contributed by atoms with E-state index in [1.807, 2.05) is 25.1 Å². The van der Waals surface area contributed by atoms with Crippen molar-refractivity contribution in [2.24, 2.45) is 0 Å². The van der Waals surface area contributed by atoms with Gasteiger partial charge in [0.1, 0.15) is 0 Å². The number of carbonyl (C=O) groups is 2. The van der Waals surface area contributed by atoms with Crippen LogP contribution in [0.5, 0.6) is 0 Å². The Kier molecular flexibility index (Phi) is 4.08. The molecule has 2 aromatic rings. The minimum absolute atomic E-state index is 0.0557. The van der Waals surface area contributed by atoms with Crippen molar-refractivity contribution in [2.75, 3.05) is 5.32 Å². The van der Waals surface area contributed by atoms with Crippen LogP contribution in [0.4, 0.5) is 5.69 Å². The molecule has 0 aliphatic heterocycles. The first kappa shape index (κ1) is 14.8. The number of hydrogen-bond donors (Lipinski definition) is 2. The smallest absolute Gasteiger partial charge is 0.336 e. The molecule has 21 heavy (non-hydrogen) atoms. The third kappa shape index (κ3) is 3.11. The molecular weight excluding hydrogens is 266 g/mol. The molecule has 0 saturated heterocycles. The molecule has 0 fully saturated rings. The molecule has 0 aromatic heterocycles. The number of amides is 1. The zero-order valence-electron chi connectivity index (χ0n) is 12.2. The molecule has 0 spiro atoms. The first-order valence-electron chi connectivity index (χ1n) is 6.61. The van der Waals surface area contributed by atoms with Crippen molar-refractivity contribution in [1.29, 1.82) is 0 Å². The second-order valence-electron chi connectivity index (χ2n) is 5.08. The second-order valence-corrected chi connectivity index (χ2v) is 5.08. The number of carbonyl (C=O) groups excluding carboxylic acids is 1. The summed E-state index contributed by atoms with van der Waals surface area (Å²) in [6.07, 6.45) is 0. The Morgan fingerprint density at radius 2 is 1.57 bits per heavy atom. The molecule has 4 heteroatoms. The lowest BCUT2D eigenvalue weighted by atomic mass is 9.96. The quantitative estimate of drug-likeness (QED) is 0.905. The fourth-order valence-electron chi connectivity index (χ4n) is 2.30. The molecule has 0 heterocycles. The number of aryl methyl sites for hydroxylation is 3. The lowest BCUT2D eigenvalue weighted by Gasteiger charge is -2.13. The molecule has 0 unspecified atom stereocenters. The fourth-order valence-corrected chi connectivity index (χ4v) is 2.30. The van der Waals surface area contributed by atoms with Gasteiger partial charge in [-0.2, -0.15) is 0 Å². The number of rotatable bonds is 3. The summed E-state index contributed by atoms with van der Waals surface area (Å²) in [5.41, 5.74) is 3.15. The summed E-state index contributed by atoms with van der Waals surface area (Å²) in [5.74, 6) is -1.50. The van der Waals surface area contributed by atoms with Gasteiger partial charge in [-0.05, 0) is 49.6 Å². The summed E-state index contributed by atoms with van der Waals surface area (Å²) in [4.78, 5) is 23.9. The van der Waals surface area contributed by atoms with Crippen LogP contribution in [0.25, 0.3) is 0 Å². The van der Waals surface area contributed by atoms with Gasteiger partial charge in [0, 0.05) is 5.69 Å². The van der Waals surface area contributed by atoms with E-state index in [9.17, 15) is 14.7 Å². The van der Waals surface area contributed by atoms with Crippen LogP contribution in [0, 0.1) is 20.8 Å². The summed E-state index contributed by atoms with van der Waals surface area (Å²) in [6.45, 7) is 5.35. The SMILES string of the molecule is Cc1cccc(NC(=O)c2c(C)ccc(C)c2C(=O)O)c1. The maximum absolute atomic E-state index is 12.4. The van der Waals surface area contributed by atoms with Crippen molar-refractivity contribution >= 4 is 17.6 Å². The molecule has 1 amide bonds. The molecule has 0 saturated carbocycles. The Morgan fingerprint density at radius 1 is 0.952 bits per heavy atom. The predicted molar refractivity (Wildman–Crippen MR) is 82.0 cm³/mol. The van der Waals surface area contributed by atoms with Gasteiger partial charge in [-0.1, -0.05) is 24.3 Å². The van der Waals surface area contributed by atoms with Crippen LogP contribution >= 0.6 is 0 Å². The monoisotopic (exact) mass is 283 g/mol. The van der Waals surface area contributed by atoms with E-state index in [0.717, 1.165) is 5.56 Å². The highest BCUT2D eigenvalue weighted by Gasteiger charge is 2.21. The first-order chi connectivity index (χ1) is 9.90. The molecule has 108 valence electrons. The largest absolute Gasteiger partial charge is 0.478 e. The lowest BCUT2D eigenvalue weighted by molar-refractivity contribution is 0.0691. The zero-order valence-corrected chi connectivity index (χ0v) is 12.2. The van der Waals surface area contributed by atoms with Crippen LogP contribution in [-0.4, -0.2) is 17.0 Å². The van der Waals surface area contributed by atoms with Crippen LogP contribution in [0.3, 0.4) is 0 Å². The molecule has 0 atom stereocenters. The normalized spacial score (nSPS) is 10.2. The highest BCUT2D eigenvalue weighted by molar-refractivity contribution is 6.12. The Labute approximate surface area is 123 Å². The van der Waals surface area contributed by atoms with E-state index in [4.69, 9.17) is 0 Å². The molecule has 0 aliphatic carbocycles. The standard InChI is InChI=1S/C17H17NO3/c1-10-5-4-6-13(9-10)18-16(19)14-11(2)7-8-12(3)15(14)17(20)21/h4-9H,1-3H3,(H,18,19)(H,20,21). The van der Waals surface area contributed by atoms with Gasteiger partial charge in [-0.15, -0.1) is 0 Å². The zero-order chi connectivity index (χ0) is 15.6. The van der Waals surface area contributed by atoms with E-state index in [2.05, 4.69) is 5.32 Å². The molecule has 4 nitrogen and oxygen atoms in total. The molecule has 0 bridgehead atoms. The molecule has 2 rings (SSSR count). The molecular formula is C17H17NO3. The van der Waals surface area contributed by atoms with Gasteiger partial charge in [0.2, 0.25) is 0 Å². The van der Waals surface area contributed by atoms with Crippen LogP contribution in [0.2, 0.25) is 0 Å². The molecule has 2 N–H and O–H groups in total. The van der Waals surface area contributed by atoms with E-state index < -0.39 is 11.9 Å². The van der Waals surface area contributed by atoms with Crippen LogP contribution in [-0.2, 0) is 0 Å². The Bertz CT molecular complexity index is 720. The fraction of sp³-hybridized carbons (Fsp3) is 0.176. The Morgan fingerprint density at radius 3 is 2.14 bits per heavy atom. The highest BCUT2D eigenvalue weighted by atomic mass is 16.4. The van der Waals surface area contributed by atoms with Gasteiger partial charge in [-0.25, -0.2) is 4.79 Å². The second kappa shape index (κ2) is 5.79. The van der Waals surface area contributed by atoms with Gasteiger partial charge in [0.05, 0.1) is 11.1 Å². The van der Waals surface area contributed by atoms with E-state index >= 15 is 0 Å². The minimum Gasteiger partial charge on any atom is -0.478 e. The molecule has 0 aliphatic rings. The van der Waals surface area contributed by atoms with Crippen molar-refractivity contribution in [2.45, 2.75) is 20.8 Å². The van der Waals surface area contributed by atoms with Gasteiger partial charge in [-0.3, -0.25) is 4.79 Å². The van der Waals surface area contributed by atoms with Crippen molar-refractivity contribution < 1.29 is 14.7 Å². The van der Waals surface area contributed by atoms with Crippen LogP contribution in [0.1, 0.15) is 37.4 Å². The maximum atomic E-state index is 12.4. The van der Waals surface area contributed by atoms with Crippen LogP contribution < -0.4 is 5.32 Å². The minimum atomic E-state index is -1.09. The summed E-state index contributed by atoms with van der Waals surface area (Å²) in [7, 11) is 0. The third-order valence-corrected chi connectivity index (χ3v) is 3.34. The highest BCUT2D eigenvalue weighted by Crippen LogP contribution is 2.21. The van der Waals surface area contributed by atoms with Crippen LogP contribution in [0.15, 0.2) is 36.4 Å². The Balaban J connectivity index is 2.44. The van der Waals surface area contributed by atoms with Gasteiger partial charge >= 0.3 is 5.97 Å². The summed E-state index contributed by atoms with van der Waals surface area (Å²) in [5, 5.41) is 12.1. The predicted octanol–water partition coefficient (Wildman–Crippen LogP) is 3.56. The summed E-state index contributed by atoms with van der Waals surface area (Å²) < 4.78 is 0. The first-order valence-corrected chi connectivity index (χ1v) is 6.61. The number of nitrogens with one attached hydrogen (secondary N) is 1. The van der Waals surface area contributed by atoms with E-state index in [-0.39, 0.29) is 11.1 Å². The molecule has 0 radical (unpaired) electrons. The van der Waals surface area contributed by atoms with Crippen molar-refractivity contribution in [3.63, 3.8) is 0 Å².